The average molecular weight is 574 g/mol. The maximum atomic E-state index is 13.6. The van der Waals surface area contributed by atoms with E-state index in [1.54, 1.807) is 60.7 Å². The number of aliphatic hydroxyl groups is 1. The highest BCUT2D eigenvalue weighted by atomic mass is 16.6. The number of unbranched alkanes of at least 4 members (excludes halogenated alkanes) is 1. The molecule has 0 radical (unpaired) electrons. The number of ketones is 1. The summed E-state index contributed by atoms with van der Waals surface area (Å²) in [5.41, 5.74) is -1.36. The normalized spacial score (nSPS) is 17.4. The van der Waals surface area contributed by atoms with Crippen LogP contribution in [0.2, 0.25) is 0 Å². The van der Waals surface area contributed by atoms with Crippen LogP contribution in [0.3, 0.4) is 0 Å². The van der Waals surface area contributed by atoms with Crippen molar-refractivity contribution in [3.63, 3.8) is 0 Å². The number of amides is 2. The number of allylic oxidation sites excluding steroid dienone is 2. The van der Waals surface area contributed by atoms with Gasteiger partial charge < -0.3 is 14.6 Å². The van der Waals surface area contributed by atoms with Crippen LogP contribution in [-0.4, -0.2) is 73.2 Å². The van der Waals surface area contributed by atoms with Crippen LogP contribution in [0.4, 0.5) is 9.59 Å². The number of ether oxygens (including phenoxy) is 2. The summed E-state index contributed by atoms with van der Waals surface area (Å²) in [6.45, 7) is 18.0. The van der Waals surface area contributed by atoms with E-state index < -0.39 is 29.4 Å². The van der Waals surface area contributed by atoms with Crippen LogP contribution < -0.4 is 0 Å². The van der Waals surface area contributed by atoms with Gasteiger partial charge in [-0.1, -0.05) is 33.6 Å². The number of hydrogen-bond donors (Lipinski definition) is 1. The Hall–Kier alpha value is -3.50. The topological polar surface area (TPSA) is 136 Å². The molecule has 2 amide bonds. The van der Waals surface area contributed by atoms with Crippen molar-refractivity contribution in [1.29, 1.82) is 0 Å². The van der Waals surface area contributed by atoms with Gasteiger partial charge in [-0.2, -0.15) is 5.10 Å². The van der Waals surface area contributed by atoms with Crippen molar-refractivity contribution >= 4 is 29.6 Å². The lowest BCUT2D eigenvalue weighted by Gasteiger charge is -2.31. The van der Waals surface area contributed by atoms with Crippen molar-refractivity contribution in [3.05, 3.63) is 29.8 Å². The van der Waals surface area contributed by atoms with Gasteiger partial charge in [0.25, 0.3) is 0 Å². The summed E-state index contributed by atoms with van der Waals surface area (Å²) in [5, 5.41) is 15.0. The van der Waals surface area contributed by atoms with E-state index in [2.05, 4.69) is 10.1 Å². The van der Waals surface area contributed by atoms with E-state index in [1.165, 1.54) is 15.8 Å². The van der Waals surface area contributed by atoms with Crippen LogP contribution in [0.5, 0.6) is 0 Å². The molecular weight excluding hydrogens is 526 g/mol. The van der Waals surface area contributed by atoms with E-state index in [4.69, 9.17) is 14.5 Å². The van der Waals surface area contributed by atoms with E-state index in [0.29, 0.717) is 25.0 Å². The monoisotopic (exact) mass is 573 g/mol. The molecule has 1 atom stereocenters. The van der Waals surface area contributed by atoms with E-state index in [-0.39, 0.29) is 35.0 Å². The highest BCUT2D eigenvalue weighted by Gasteiger charge is 2.35. The van der Waals surface area contributed by atoms with E-state index in [0.717, 1.165) is 12.8 Å². The minimum absolute atomic E-state index is 0.0226. The Kier molecular flexibility index (Phi) is 11.0. The zero-order valence-corrected chi connectivity index (χ0v) is 26.3. The molecule has 228 valence electrons. The second kappa shape index (κ2) is 13.4. The van der Waals surface area contributed by atoms with E-state index >= 15 is 0 Å². The molecule has 0 spiro atoms. The summed E-state index contributed by atoms with van der Waals surface area (Å²) in [6, 6.07) is 1.13. The maximum Gasteiger partial charge on any atom is 0.437 e. The van der Waals surface area contributed by atoms with Crippen molar-refractivity contribution < 1.29 is 29.0 Å². The lowest BCUT2D eigenvalue weighted by atomic mass is 9.75. The molecule has 1 aliphatic carbocycles. The van der Waals surface area contributed by atoms with Crippen molar-refractivity contribution in [2.24, 2.45) is 15.4 Å². The number of rotatable bonds is 7. The molecule has 0 bridgehead atoms. The molecule has 41 heavy (non-hydrogen) atoms. The van der Waals surface area contributed by atoms with Gasteiger partial charge >= 0.3 is 12.2 Å². The average Bonchev–Trinajstić information content (AvgIpc) is 3.30. The Bertz CT molecular complexity index is 1180. The zero-order valence-electron chi connectivity index (χ0n) is 26.3. The van der Waals surface area contributed by atoms with Gasteiger partial charge in [-0.3, -0.25) is 9.79 Å². The fourth-order valence-electron chi connectivity index (χ4n) is 4.43. The van der Waals surface area contributed by atoms with E-state index in [1.807, 2.05) is 20.8 Å². The molecule has 0 saturated carbocycles. The molecule has 11 heteroatoms. The van der Waals surface area contributed by atoms with Gasteiger partial charge in [0.2, 0.25) is 5.96 Å². The van der Waals surface area contributed by atoms with E-state index in [9.17, 15) is 19.5 Å². The van der Waals surface area contributed by atoms with Crippen LogP contribution in [0.1, 0.15) is 101 Å². The maximum absolute atomic E-state index is 13.6. The summed E-state index contributed by atoms with van der Waals surface area (Å²) >= 11 is 0. The molecule has 1 aromatic heterocycles. The van der Waals surface area contributed by atoms with Gasteiger partial charge in [0.05, 0.1) is 18.2 Å². The number of carbonyl (C=O) groups excluding carboxylic acids is 3. The predicted molar refractivity (Wildman–Crippen MR) is 158 cm³/mol. The molecular formula is C30H47N5O6. The molecule has 1 aromatic rings. The molecule has 11 nitrogen and oxygen atoms in total. The number of nitrogens with zero attached hydrogens (tertiary/aromatic N) is 5. The molecule has 2 rings (SSSR count). The van der Waals surface area contributed by atoms with Crippen molar-refractivity contribution in [3.8, 4) is 0 Å². The first kappa shape index (κ1) is 33.7. The standard InChI is InChI=1S/C30H47N5O6/c1-11-12-14-21(32-20(2)24-22(36)17-30(9,10)18-23(24)37)19-34(27(39)41-29(6,7)8)25(35-16-13-15-31-35)33-26(38)40-28(3,4)5/h13,15-16,21,36H,11-12,14,17-19H2,1-10H3. The summed E-state index contributed by atoms with van der Waals surface area (Å²) in [4.78, 5) is 49.6. The van der Waals surface area contributed by atoms with Crippen LogP contribution >= 0.6 is 0 Å². The number of hydrogen-bond acceptors (Lipinski definition) is 8. The molecule has 1 heterocycles. The molecule has 0 aromatic carbocycles. The first-order valence-electron chi connectivity index (χ1n) is 14.1. The molecule has 0 saturated heterocycles. The Morgan fingerprint density at radius 2 is 1.78 bits per heavy atom. The van der Waals surface area contributed by atoms with Crippen molar-refractivity contribution in [2.75, 3.05) is 6.54 Å². The third-order valence-corrected chi connectivity index (χ3v) is 6.02. The third kappa shape index (κ3) is 10.8. The SMILES string of the molecule is CCCCC(CN(C(=O)OC(C)(C)C)C(=NC(=O)OC(C)(C)C)n1cccn1)N=C(C)C1=C(O)CC(C)(C)CC1=O. The Labute approximate surface area is 243 Å². The summed E-state index contributed by atoms with van der Waals surface area (Å²) in [6.07, 6.45) is 4.31. The Morgan fingerprint density at radius 3 is 2.29 bits per heavy atom. The Balaban J connectivity index is 2.61. The van der Waals surface area contributed by atoms with Gasteiger partial charge in [0.1, 0.15) is 17.0 Å². The first-order chi connectivity index (χ1) is 18.8. The summed E-state index contributed by atoms with van der Waals surface area (Å²) in [5.74, 6) is -0.248. The van der Waals surface area contributed by atoms with Gasteiger partial charge in [0, 0.05) is 30.9 Å². The molecule has 1 aliphatic rings. The smallest absolute Gasteiger partial charge is 0.437 e. The second-order valence-electron chi connectivity index (χ2n) is 13.2. The lowest BCUT2D eigenvalue weighted by Crippen LogP contribution is -2.47. The Morgan fingerprint density at radius 1 is 1.15 bits per heavy atom. The van der Waals surface area contributed by atoms with Gasteiger partial charge in [-0.05, 0) is 66.4 Å². The van der Waals surface area contributed by atoms with Crippen molar-refractivity contribution in [2.45, 2.75) is 119 Å². The third-order valence-electron chi connectivity index (χ3n) is 6.02. The van der Waals surface area contributed by atoms with Crippen LogP contribution in [0, 0.1) is 5.41 Å². The highest BCUT2D eigenvalue weighted by molar-refractivity contribution is 6.22. The number of aliphatic imine (C=N–C) groups is 2. The predicted octanol–water partition coefficient (Wildman–Crippen LogP) is 6.48. The van der Waals surface area contributed by atoms with Gasteiger partial charge in [-0.15, -0.1) is 4.99 Å². The lowest BCUT2D eigenvalue weighted by molar-refractivity contribution is -0.118. The fraction of sp³-hybridized carbons (Fsp3) is 0.667. The highest BCUT2D eigenvalue weighted by Crippen LogP contribution is 2.36. The summed E-state index contributed by atoms with van der Waals surface area (Å²) in [7, 11) is 0. The molecule has 0 fully saturated rings. The number of carbonyl (C=O) groups is 3. The van der Waals surface area contributed by atoms with Crippen molar-refractivity contribution in [1.82, 2.24) is 14.7 Å². The van der Waals surface area contributed by atoms with Crippen LogP contribution in [0.25, 0.3) is 0 Å². The molecule has 1 unspecified atom stereocenters. The molecule has 1 N–H and O–H groups in total. The first-order valence-corrected chi connectivity index (χ1v) is 14.1. The number of Topliss-reactive ketones (excluding diaryl/α,β-unsaturated/α-hetero) is 1. The number of aliphatic hydroxyl groups excluding tert-OH is 1. The zero-order chi connectivity index (χ0) is 31.2. The largest absolute Gasteiger partial charge is 0.511 e. The number of aromatic nitrogens is 2. The summed E-state index contributed by atoms with van der Waals surface area (Å²) < 4.78 is 12.4. The quantitative estimate of drug-likeness (QED) is 0.291. The second-order valence-corrected chi connectivity index (χ2v) is 13.2. The van der Waals surface area contributed by atoms with Crippen LogP contribution in [0.15, 0.2) is 39.8 Å². The molecule has 0 aliphatic heterocycles. The van der Waals surface area contributed by atoms with Gasteiger partial charge in [-0.25, -0.2) is 19.2 Å². The van der Waals surface area contributed by atoms with Gasteiger partial charge in [0.15, 0.2) is 5.78 Å². The minimum Gasteiger partial charge on any atom is -0.511 e. The van der Waals surface area contributed by atoms with Crippen LogP contribution in [-0.2, 0) is 14.3 Å². The fourth-order valence-corrected chi connectivity index (χ4v) is 4.43. The minimum atomic E-state index is -0.896.